The lowest BCUT2D eigenvalue weighted by atomic mass is 9.92. The number of benzene rings is 1. The highest BCUT2D eigenvalue weighted by molar-refractivity contribution is 5.77. The molecule has 4 nitrogen and oxygen atoms in total. The molecule has 1 heterocycles. The molecule has 112 valence electrons. The van der Waals surface area contributed by atoms with Crippen molar-refractivity contribution in [1.82, 2.24) is 5.32 Å². The van der Waals surface area contributed by atoms with Crippen LogP contribution in [0.15, 0.2) is 53.1 Å². The molecule has 4 heteroatoms. The Balaban J connectivity index is 2.00. The Kier molecular flexibility index (Phi) is 5.17. The van der Waals surface area contributed by atoms with Crippen molar-refractivity contribution < 1.29 is 13.9 Å². The van der Waals surface area contributed by atoms with Crippen LogP contribution in [0.1, 0.15) is 24.7 Å². The van der Waals surface area contributed by atoms with Gasteiger partial charge < -0.3 is 14.5 Å². The predicted octanol–water partition coefficient (Wildman–Crippen LogP) is 2.89. The van der Waals surface area contributed by atoms with Gasteiger partial charge in [-0.3, -0.25) is 4.79 Å². The number of carbonyl (C=O) groups is 1. The summed E-state index contributed by atoms with van der Waals surface area (Å²) in [6, 6.07) is 13.6. The lowest BCUT2D eigenvalue weighted by molar-refractivity contribution is -0.123. The van der Waals surface area contributed by atoms with Gasteiger partial charge in [0, 0.05) is 20.0 Å². The number of furan rings is 1. The molecule has 0 saturated heterocycles. The monoisotopic (exact) mass is 287 g/mol. The molecule has 0 radical (unpaired) electrons. The zero-order valence-corrected chi connectivity index (χ0v) is 12.5. The number of ether oxygens (including phenoxy) is 1. The van der Waals surface area contributed by atoms with Gasteiger partial charge in [-0.15, -0.1) is 0 Å². The largest absolute Gasteiger partial charge is 0.469 e. The topological polar surface area (TPSA) is 51.5 Å². The summed E-state index contributed by atoms with van der Waals surface area (Å²) in [7, 11) is 1.64. The molecule has 0 aliphatic carbocycles. The molecule has 0 unspecified atom stereocenters. The Hall–Kier alpha value is -2.07. The van der Waals surface area contributed by atoms with Gasteiger partial charge in [0.1, 0.15) is 5.76 Å². The Morgan fingerprint density at radius 3 is 2.62 bits per heavy atom. The van der Waals surface area contributed by atoms with E-state index in [2.05, 4.69) is 5.32 Å². The third-order valence-electron chi connectivity index (χ3n) is 3.44. The number of nitrogens with one attached hydrogen (secondary N) is 1. The van der Waals surface area contributed by atoms with E-state index in [1.807, 2.05) is 49.4 Å². The van der Waals surface area contributed by atoms with Gasteiger partial charge in [-0.2, -0.15) is 0 Å². The Bertz CT molecular complexity index is 551. The van der Waals surface area contributed by atoms with Crippen molar-refractivity contribution in [2.24, 2.45) is 0 Å². The fraction of sp³-hybridized carbons (Fsp3) is 0.353. The second-order valence-electron chi connectivity index (χ2n) is 5.26. The van der Waals surface area contributed by atoms with Crippen molar-refractivity contribution in [3.05, 3.63) is 60.1 Å². The summed E-state index contributed by atoms with van der Waals surface area (Å²) in [6.07, 6.45) is 2.60. The molecular weight excluding hydrogens is 266 g/mol. The minimum Gasteiger partial charge on any atom is -0.469 e. The maximum absolute atomic E-state index is 12.2. The predicted molar refractivity (Wildman–Crippen MR) is 80.8 cm³/mol. The number of carbonyl (C=O) groups excluding carboxylic acids is 1. The summed E-state index contributed by atoms with van der Waals surface area (Å²) >= 11 is 0. The van der Waals surface area contributed by atoms with Crippen LogP contribution in [0.5, 0.6) is 0 Å². The van der Waals surface area contributed by atoms with E-state index in [9.17, 15) is 4.79 Å². The smallest absolute Gasteiger partial charge is 0.221 e. The van der Waals surface area contributed by atoms with Crippen molar-refractivity contribution in [2.45, 2.75) is 25.3 Å². The zero-order chi connectivity index (χ0) is 15.1. The standard InChI is InChI=1S/C17H21NO3/c1-17(13-20-2,14-7-4-3-5-8-14)18-16(19)11-10-15-9-6-12-21-15/h3-9,12H,10-11,13H2,1-2H3,(H,18,19)/t17-/m1/s1. The lowest BCUT2D eigenvalue weighted by Crippen LogP contribution is -2.46. The van der Waals surface area contributed by atoms with Gasteiger partial charge in [-0.05, 0) is 24.6 Å². The fourth-order valence-corrected chi connectivity index (χ4v) is 2.35. The highest BCUT2D eigenvalue weighted by atomic mass is 16.5. The molecule has 0 bridgehead atoms. The maximum Gasteiger partial charge on any atom is 0.221 e. The summed E-state index contributed by atoms with van der Waals surface area (Å²) in [4.78, 5) is 12.2. The molecule has 0 aliphatic heterocycles. The number of methoxy groups -OCH3 is 1. The SMILES string of the molecule is COC[C@@](C)(NC(=O)CCc1ccco1)c1ccccc1. The highest BCUT2D eigenvalue weighted by Crippen LogP contribution is 2.21. The van der Waals surface area contributed by atoms with Crippen molar-refractivity contribution >= 4 is 5.91 Å². The molecule has 1 aromatic heterocycles. The Morgan fingerprint density at radius 1 is 1.24 bits per heavy atom. The van der Waals surface area contributed by atoms with E-state index in [4.69, 9.17) is 9.15 Å². The summed E-state index contributed by atoms with van der Waals surface area (Å²) < 4.78 is 10.5. The van der Waals surface area contributed by atoms with Gasteiger partial charge >= 0.3 is 0 Å². The molecule has 1 amide bonds. The summed E-state index contributed by atoms with van der Waals surface area (Å²) in [6.45, 7) is 2.39. The van der Waals surface area contributed by atoms with E-state index >= 15 is 0 Å². The Labute approximate surface area is 125 Å². The van der Waals surface area contributed by atoms with Crippen LogP contribution in [0.2, 0.25) is 0 Å². The number of aryl methyl sites for hydroxylation is 1. The van der Waals surface area contributed by atoms with Crippen LogP contribution >= 0.6 is 0 Å². The summed E-state index contributed by atoms with van der Waals surface area (Å²) in [5.74, 6) is 0.799. The molecule has 1 aromatic carbocycles. The quantitative estimate of drug-likeness (QED) is 0.852. The van der Waals surface area contributed by atoms with Gasteiger partial charge in [0.2, 0.25) is 5.91 Å². The maximum atomic E-state index is 12.2. The molecule has 0 saturated carbocycles. The van der Waals surface area contributed by atoms with Gasteiger partial charge in [-0.1, -0.05) is 30.3 Å². The normalized spacial score (nSPS) is 13.6. The number of hydrogen-bond acceptors (Lipinski definition) is 3. The van der Waals surface area contributed by atoms with Crippen LogP contribution in [0, 0.1) is 0 Å². The summed E-state index contributed by atoms with van der Waals surface area (Å²) in [5.41, 5.74) is 0.495. The van der Waals surface area contributed by atoms with Gasteiger partial charge in [0.05, 0.1) is 18.4 Å². The number of hydrogen-bond donors (Lipinski definition) is 1. The average molecular weight is 287 g/mol. The van der Waals surface area contributed by atoms with Gasteiger partial charge in [0.25, 0.3) is 0 Å². The van der Waals surface area contributed by atoms with Crippen LogP contribution in [-0.4, -0.2) is 19.6 Å². The minimum absolute atomic E-state index is 0.0187. The van der Waals surface area contributed by atoms with Crippen LogP contribution in [0.4, 0.5) is 0 Å². The number of amides is 1. The van der Waals surface area contributed by atoms with E-state index in [0.29, 0.717) is 19.4 Å². The molecule has 21 heavy (non-hydrogen) atoms. The molecule has 2 rings (SSSR count). The molecule has 1 N–H and O–H groups in total. The first-order valence-electron chi connectivity index (χ1n) is 7.02. The molecule has 0 aliphatic rings. The third kappa shape index (κ3) is 4.20. The van der Waals surface area contributed by atoms with Crippen LogP contribution < -0.4 is 5.32 Å². The van der Waals surface area contributed by atoms with Crippen molar-refractivity contribution in [3.63, 3.8) is 0 Å². The first kappa shape index (κ1) is 15.3. The molecule has 2 aromatic rings. The van der Waals surface area contributed by atoms with Crippen LogP contribution in [-0.2, 0) is 21.5 Å². The zero-order valence-electron chi connectivity index (χ0n) is 12.5. The molecular formula is C17H21NO3. The lowest BCUT2D eigenvalue weighted by Gasteiger charge is -2.30. The molecule has 1 atom stereocenters. The van der Waals surface area contributed by atoms with Crippen LogP contribution in [0.3, 0.4) is 0 Å². The Morgan fingerprint density at radius 2 is 2.00 bits per heavy atom. The van der Waals surface area contributed by atoms with E-state index in [0.717, 1.165) is 11.3 Å². The highest BCUT2D eigenvalue weighted by Gasteiger charge is 2.28. The van der Waals surface area contributed by atoms with Crippen molar-refractivity contribution in [2.75, 3.05) is 13.7 Å². The first-order chi connectivity index (χ1) is 10.1. The fourth-order valence-electron chi connectivity index (χ4n) is 2.35. The van der Waals surface area contributed by atoms with Crippen molar-refractivity contribution in [3.8, 4) is 0 Å². The summed E-state index contributed by atoms with van der Waals surface area (Å²) in [5, 5.41) is 3.07. The van der Waals surface area contributed by atoms with Gasteiger partial charge in [0.15, 0.2) is 0 Å². The second-order valence-corrected chi connectivity index (χ2v) is 5.26. The average Bonchev–Trinajstić information content (AvgIpc) is 3.00. The third-order valence-corrected chi connectivity index (χ3v) is 3.44. The van der Waals surface area contributed by atoms with E-state index in [1.54, 1.807) is 13.4 Å². The second kappa shape index (κ2) is 7.09. The molecule has 0 spiro atoms. The number of rotatable bonds is 7. The van der Waals surface area contributed by atoms with Crippen LogP contribution in [0.25, 0.3) is 0 Å². The van der Waals surface area contributed by atoms with Crippen molar-refractivity contribution in [1.29, 1.82) is 0 Å². The molecule has 0 fully saturated rings. The minimum atomic E-state index is -0.531. The van der Waals surface area contributed by atoms with E-state index in [1.165, 1.54) is 0 Å². The van der Waals surface area contributed by atoms with Gasteiger partial charge in [-0.25, -0.2) is 0 Å². The van der Waals surface area contributed by atoms with E-state index in [-0.39, 0.29) is 5.91 Å². The first-order valence-corrected chi connectivity index (χ1v) is 7.02. The van der Waals surface area contributed by atoms with E-state index < -0.39 is 5.54 Å².